The molecule has 5 heterocycles. The van der Waals surface area contributed by atoms with Crippen LogP contribution in [0.3, 0.4) is 0 Å². The molecule has 0 saturated carbocycles. The summed E-state index contributed by atoms with van der Waals surface area (Å²) in [6.07, 6.45) is 4.43. The summed E-state index contributed by atoms with van der Waals surface area (Å²) in [5.74, 6) is -9.06. The minimum atomic E-state index is -2.08. The smallest absolute Gasteiger partial charge is 0.312 e. The molecule has 0 unspecified atom stereocenters. The third-order valence-electron chi connectivity index (χ3n) is 13.4. The number of carbonyl (C=O) groups excluding carboxylic acids is 5. The number of carbonyl (C=O) groups is 5. The van der Waals surface area contributed by atoms with Gasteiger partial charge in [-0.1, -0.05) is 45.9 Å². The van der Waals surface area contributed by atoms with Crippen LogP contribution in [0.5, 0.6) is 11.5 Å². The van der Waals surface area contributed by atoms with Gasteiger partial charge in [-0.25, -0.2) is 0 Å². The van der Waals surface area contributed by atoms with Crippen LogP contribution in [0.4, 0.5) is 0 Å². The van der Waals surface area contributed by atoms with Crippen LogP contribution in [0, 0.1) is 30.6 Å². The number of rotatable bonds is 4. The second kappa shape index (κ2) is 19.4. The molecule has 0 aromatic heterocycles. The number of allylic oxidation sites excluding steroid dienone is 4. The van der Waals surface area contributed by atoms with Crippen molar-refractivity contribution in [2.75, 3.05) is 53.4 Å². The van der Waals surface area contributed by atoms with E-state index in [1.54, 1.807) is 44.7 Å². The second-order valence-electron chi connectivity index (χ2n) is 17.9. The zero-order valence-corrected chi connectivity index (χ0v) is 38.5. The van der Waals surface area contributed by atoms with Crippen LogP contribution in [0.2, 0.25) is 0 Å². The van der Waals surface area contributed by atoms with E-state index in [4.69, 9.17) is 24.0 Å². The summed E-state index contributed by atoms with van der Waals surface area (Å²) in [4.78, 5) is 74.7. The molecule has 17 heteroatoms. The van der Waals surface area contributed by atoms with Crippen molar-refractivity contribution < 1.29 is 58.2 Å². The number of esters is 1. The van der Waals surface area contributed by atoms with Gasteiger partial charge in [-0.05, 0) is 27.0 Å². The van der Waals surface area contributed by atoms with Crippen molar-refractivity contribution in [1.82, 2.24) is 20.1 Å². The Morgan fingerprint density at radius 3 is 2.17 bits per heavy atom. The van der Waals surface area contributed by atoms with Crippen LogP contribution in [-0.2, 0) is 23.8 Å². The average molecular weight is 890 g/mol. The molecule has 5 aliphatic heterocycles. The lowest BCUT2D eigenvalue weighted by molar-refractivity contribution is -0.160. The fourth-order valence-corrected chi connectivity index (χ4v) is 9.16. The standard InChI is InChI=1S/C47H63N5O12/c1-24-12-11-13-25(2)46(60)48-36-37(51-17-14-31(15-18-51)49-52-21-19-50(9)20-22-52)42(58)33-34(41(36)57)40(56)29(6)44-35(33)45(59)47(8,64-44)62-23-16-32(61-10)26(3)43(63-30(7)53)28(5)39(55)27(4)38(24)54/h11-13,16,23-24,26-28,32,38-39,43,54-56H,14-15,17-22H2,1-10H3,(H,48,60)/b12-11+,23-16+,25-13+/t24-,26+,27+,28+,32-,38-,39+,43+,47-/m0/s1. The lowest BCUT2D eigenvalue weighted by Gasteiger charge is -2.38. The first kappa shape index (κ1) is 48.1. The van der Waals surface area contributed by atoms with Gasteiger partial charge in [0.15, 0.2) is 0 Å². The monoisotopic (exact) mass is 889 g/mol. The second-order valence-corrected chi connectivity index (χ2v) is 17.9. The van der Waals surface area contributed by atoms with Crippen LogP contribution in [0.25, 0.3) is 0 Å². The summed E-state index contributed by atoms with van der Waals surface area (Å²) in [5, 5.41) is 44.2. The number of likely N-dealkylation sites (tertiary alicyclic amines) is 1. The Morgan fingerprint density at radius 1 is 0.891 bits per heavy atom. The largest absolute Gasteiger partial charge is 0.507 e. The fourth-order valence-electron chi connectivity index (χ4n) is 9.16. The molecular weight excluding hydrogens is 827 g/mol. The number of Topliss-reactive ketones (excluding diaryl/α,β-unsaturated/α-hetero) is 3. The maximum atomic E-state index is 15.1. The molecule has 1 aromatic carbocycles. The van der Waals surface area contributed by atoms with E-state index >= 15 is 4.79 Å². The summed E-state index contributed by atoms with van der Waals surface area (Å²) in [6.45, 7) is 16.3. The predicted octanol–water partition coefficient (Wildman–Crippen LogP) is 3.66. The van der Waals surface area contributed by atoms with Crippen molar-refractivity contribution in [2.45, 2.75) is 98.4 Å². The number of piperidine rings is 1. The lowest BCUT2D eigenvalue weighted by atomic mass is 9.78. The van der Waals surface area contributed by atoms with Gasteiger partial charge in [-0.3, -0.25) is 29.0 Å². The molecular formula is C47H63N5O12. The number of aromatic hydroxyl groups is 1. The number of phenols is 1. The zero-order valence-electron chi connectivity index (χ0n) is 38.5. The summed E-state index contributed by atoms with van der Waals surface area (Å²) in [6, 6.07) is 0. The first-order valence-corrected chi connectivity index (χ1v) is 22.0. The number of fused-ring (bicyclic) bond motifs is 14. The Morgan fingerprint density at radius 2 is 1.55 bits per heavy atom. The molecule has 0 radical (unpaired) electrons. The Bertz CT molecular complexity index is 2200. The highest BCUT2D eigenvalue weighted by Crippen LogP contribution is 2.49. The Balaban J connectivity index is 1.44. The number of amides is 1. The van der Waals surface area contributed by atoms with Gasteiger partial charge >= 0.3 is 11.8 Å². The summed E-state index contributed by atoms with van der Waals surface area (Å²) >= 11 is 0. The maximum Gasteiger partial charge on any atom is 0.312 e. The fraction of sp³-hybridized carbons (Fsp3) is 0.574. The van der Waals surface area contributed by atoms with E-state index in [9.17, 15) is 34.5 Å². The molecule has 2 fully saturated rings. The number of nitrogens with zero attached hydrogens (tertiary/aromatic N) is 4. The van der Waals surface area contributed by atoms with E-state index in [1.165, 1.54) is 53.2 Å². The van der Waals surface area contributed by atoms with E-state index in [-0.39, 0.29) is 52.5 Å². The Hall–Kier alpha value is -5.36. The molecule has 64 heavy (non-hydrogen) atoms. The van der Waals surface area contributed by atoms with Crippen LogP contribution in [0.1, 0.15) is 97.9 Å². The number of hydrogen-bond acceptors (Lipinski definition) is 16. The molecule has 1 amide bonds. The predicted molar refractivity (Wildman–Crippen MR) is 235 cm³/mol. The van der Waals surface area contributed by atoms with Crippen molar-refractivity contribution in [3.63, 3.8) is 0 Å². The number of ketones is 3. The van der Waals surface area contributed by atoms with E-state index in [0.29, 0.717) is 12.8 Å². The van der Waals surface area contributed by atoms with Crippen molar-refractivity contribution in [3.8, 4) is 11.5 Å². The highest BCUT2D eigenvalue weighted by atomic mass is 16.7. The summed E-state index contributed by atoms with van der Waals surface area (Å²) in [7, 11) is 3.50. The van der Waals surface area contributed by atoms with Crippen LogP contribution in [0.15, 0.2) is 52.6 Å². The number of piperazine rings is 1. The van der Waals surface area contributed by atoms with Crippen molar-refractivity contribution in [3.05, 3.63) is 69.8 Å². The van der Waals surface area contributed by atoms with E-state index in [1.807, 2.05) is 5.01 Å². The quantitative estimate of drug-likeness (QED) is 0.318. The average Bonchev–Trinajstić information content (AvgIpc) is 3.53. The number of aliphatic hydroxyl groups excluding tert-OH is 2. The van der Waals surface area contributed by atoms with Crippen molar-refractivity contribution in [1.29, 1.82) is 0 Å². The first-order valence-electron chi connectivity index (χ1n) is 22.0. The Labute approximate surface area is 374 Å². The summed E-state index contributed by atoms with van der Waals surface area (Å²) < 4.78 is 23.7. The molecule has 0 spiro atoms. The molecule has 1 aliphatic carbocycles. The van der Waals surface area contributed by atoms with Gasteiger partial charge < -0.3 is 49.4 Å². The number of benzene rings is 1. The zero-order chi connectivity index (χ0) is 46.9. The molecule has 5 bridgehead atoms. The maximum absolute atomic E-state index is 15.1. The van der Waals surface area contributed by atoms with Gasteiger partial charge in [0.2, 0.25) is 11.6 Å². The molecule has 9 atom stereocenters. The number of phenolic OH excluding ortho intramolecular Hbond substituents is 1. The van der Waals surface area contributed by atoms with Gasteiger partial charge in [0.25, 0.3) is 11.7 Å². The van der Waals surface area contributed by atoms with Crippen LogP contribution in [-0.4, -0.2) is 149 Å². The SMILES string of the molecule is CO[C@H]1/C=C/O[C@@]2(C)Oc3c(C)c(O)c4c(c3C2=O)C(=O)C(N2CCC(=NN3CCN(C)CC3)CC2)=C(NC(=O)/C(C)=C/C=C/[C@H](C)[C@H](O)[C@@H](C)[C@@H](O)[C@@H](C)[C@H](OC(C)=O)[C@@H]1C)C4=O. The normalized spacial score (nSPS) is 32.9. The van der Waals surface area contributed by atoms with E-state index in [0.717, 1.165) is 31.9 Å². The number of likely N-dealkylation sites (N-methyl/N-ethyl adjacent to an activating group) is 1. The highest BCUT2D eigenvalue weighted by Gasteiger charge is 2.53. The molecule has 1 aromatic rings. The van der Waals surface area contributed by atoms with E-state index < -0.39 is 94.4 Å². The molecule has 17 nitrogen and oxygen atoms in total. The summed E-state index contributed by atoms with van der Waals surface area (Å²) in [5.41, 5.74) is -0.433. The van der Waals surface area contributed by atoms with E-state index in [2.05, 4.69) is 17.3 Å². The third-order valence-corrected chi connectivity index (χ3v) is 13.4. The number of nitrogens with one attached hydrogen (secondary N) is 1. The minimum Gasteiger partial charge on any atom is -0.507 e. The van der Waals surface area contributed by atoms with Gasteiger partial charge in [-0.15, -0.1) is 0 Å². The van der Waals surface area contributed by atoms with Crippen LogP contribution < -0.4 is 10.1 Å². The van der Waals surface area contributed by atoms with Crippen molar-refractivity contribution in [2.24, 2.45) is 28.8 Å². The highest BCUT2D eigenvalue weighted by molar-refractivity contribution is 6.32. The van der Waals surface area contributed by atoms with Gasteiger partial charge in [0, 0.05) is 114 Å². The van der Waals surface area contributed by atoms with Crippen LogP contribution >= 0.6 is 0 Å². The third kappa shape index (κ3) is 9.39. The molecule has 6 aliphatic rings. The number of ether oxygens (including phenoxy) is 4. The van der Waals surface area contributed by atoms with Crippen molar-refractivity contribution >= 4 is 34.9 Å². The molecule has 7 rings (SSSR count). The van der Waals surface area contributed by atoms with Gasteiger partial charge in [-0.2, -0.15) is 5.10 Å². The first-order chi connectivity index (χ1) is 30.2. The minimum absolute atomic E-state index is 0.00819. The molecule has 348 valence electrons. The van der Waals surface area contributed by atoms with Gasteiger partial charge in [0.1, 0.15) is 29.0 Å². The number of aliphatic hydroxyl groups is 2. The lowest BCUT2D eigenvalue weighted by Crippen LogP contribution is -2.46. The molecule has 2 saturated heterocycles. The topological polar surface area (TPSA) is 217 Å². The molecule has 4 N–H and O–H groups in total. The number of hydrogen-bond donors (Lipinski definition) is 4. The van der Waals surface area contributed by atoms with Gasteiger partial charge in [0.05, 0.1) is 41.3 Å². The number of hydrazone groups is 1. The number of methoxy groups -OCH3 is 1. The Kier molecular flexibility index (Phi) is 14.6.